The number of β-lactam (4-membered cyclic amide) rings is 2. The number of amides is 3. The monoisotopic (exact) mass is 780 g/mol. The Morgan fingerprint density at radius 2 is 1.57 bits per heavy atom. The molecule has 3 fully saturated rings. The third kappa shape index (κ3) is 6.17. The topological polar surface area (TPSA) is 130 Å². The first-order valence-electron chi connectivity index (χ1n) is 20.1. The average Bonchev–Trinajstić information content (AvgIpc) is 3.90. The maximum absolute atomic E-state index is 15.4. The molecule has 0 saturated carbocycles. The van der Waals surface area contributed by atoms with Crippen molar-refractivity contribution >= 4 is 34.8 Å². The van der Waals surface area contributed by atoms with Gasteiger partial charge in [-0.1, -0.05) is 80.6 Å². The lowest BCUT2D eigenvalue weighted by Gasteiger charge is -2.39. The molecule has 58 heavy (non-hydrogen) atoms. The Balaban J connectivity index is 1.09. The Labute approximate surface area is 338 Å². The van der Waals surface area contributed by atoms with E-state index in [-0.39, 0.29) is 29.6 Å². The maximum atomic E-state index is 15.4. The molecule has 12 heteroatoms. The van der Waals surface area contributed by atoms with Crippen molar-refractivity contribution in [2.45, 2.75) is 76.3 Å². The quantitative estimate of drug-likeness (QED) is 0.146. The molecular formula is C46H48N6O6. The van der Waals surface area contributed by atoms with E-state index in [1.807, 2.05) is 89.8 Å². The molecule has 0 radical (unpaired) electrons. The van der Waals surface area contributed by atoms with Crippen molar-refractivity contribution in [2.24, 2.45) is 11.8 Å². The van der Waals surface area contributed by atoms with E-state index in [1.165, 1.54) is 0 Å². The summed E-state index contributed by atoms with van der Waals surface area (Å²) in [5.41, 5.74) is 4.50. The minimum absolute atomic E-state index is 0.0531. The predicted octanol–water partition coefficient (Wildman–Crippen LogP) is 6.30. The number of hydrogen-bond donors (Lipinski definition) is 1. The molecule has 12 nitrogen and oxygen atoms in total. The van der Waals surface area contributed by atoms with Crippen LogP contribution in [0.2, 0.25) is 0 Å². The van der Waals surface area contributed by atoms with Gasteiger partial charge in [0.1, 0.15) is 17.5 Å². The minimum atomic E-state index is -1.35. The molecule has 3 saturated heterocycles. The van der Waals surface area contributed by atoms with Crippen molar-refractivity contribution in [1.82, 2.24) is 15.0 Å². The van der Waals surface area contributed by atoms with E-state index in [1.54, 1.807) is 27.8 Å². The molecule has 9 rings (SSSR count). The fraction of sp³-hybridized carbons (Fsp3) is 0.370. The number of ether oxygens (including phenoxy) is 2. The second-order valence-corrected chi connectivity index (χ2v) is 16.5. The molecular weight excluding hydrogens is 733 g/mol. The van der Waals surface area contributed by atoms with Crippen LogP contribution in [0.25, 0.3) is 0 Å². The van der Waals surface area contributed by atoms with Gasteiger partial charge in [-0.05, 0) is 71.0 Å². The summed E-state index contributed by atoms with van der Waals surface area (Å²) in [6.07, 6.45) is 2.02. The van der Waals surface area contributed by atoms with Crippen molar-refractivity contribution in [3.8, 4) is 5.75 Å². The molecule has 3 amide bonds. The molecule has 0 unspecified atom stereocenters. The normalized spacial score (nSPS) is 23.3. The van der Waals surface area contributed by atoms with Crippen molar-refractivity contribution in [1.29, 1.82) is 0 Å². The summed E-state index contributed by atoms with van der Waals surface area (Å²) in [6, 6.07) is 31.2. The molecule has 1 spiro atoms. The number of rotatable bonds is 12. The molecule has 0 bridgehead atoms. The Bertz CT molecular complexity index is 2360. The lowest BCUT2D eigenvalue weighted by molar-refractivity contribution is -0.146. The smallest absolute Gasteiger partial charge is 0.264 e. The largest absolute Gasteiger partial charge is 0.497 e. The van der Waals surface area contributed by atoms with Crippen molar-refractivity contribution in [3.05, 3.63) is 131 Å². The van der Waals surface area contributed by atoms with Gasteiger partial charge in [-0.25, -0.2) is 0 Å². The molecule has 4 aliphatic heterocycles. The third-order valence-corrected chi connectivity index (χ3v) is 13.0. The average molecular weight is 781 g/mol. The zero-order valence-electron chi connectivity index (χ0n) is 33.2. The van der Waals surface area contributed by atoms with Crippen LogP contribution in [0.4, 0.5) is 17.1 Å². The number of aliphatic hydroxyl groups excluding tert-OH is 1. The van der Waals surface area contributed by atoms with Crippen LogP contribution in [0.5, 0.6) is 5.75 Å². The number of methoxy groups -OCH3 is 1. The summed E-state index contributed by atoms with van der Waals surface area (Å²) >= 11 is 0. The van der Waals surface area contributed by atoms with Gasteiger partial charge < -0.3 is 29.3 Å². The summed E-state index contributed by atoms with van der Waals surface area (Å²) in [5.74, 6) is 0.319. The Hall–Kier alpha value is -5.85. The van der Waals surface area contributed by atoms with E-state index in [0.717, 1.165) is 45.1 Å². The molecule has 5 aromatic rings. The van der Waals surface area contributed by atoms with Gasteiger partial charge in [0, 0.05) is 61.2 Å². The van der Waals surface area contributed by atoms with Gasteiger partial charge in [0.25, 0.3) is 5.91 Å². The number of anilines is 3. The molecule has 4 aromatic carbocycles. The van der Waals surface area contributed by atoms with Crippen molar-refractivity contribution in [2.75, 3.05) is 34.9 Å². The molecule has 1 aromatic heterocycles. The van der Waals surface area contributed by atoms with Crippen LogP contribution in [0, 0.1) is 11.8 Å². The number of benzene rings is 4. The molecule has 5 atom stereocenters. The number of carbonyl (C=O) groups excluding carboxylic acids is 3. The fourth-order valence-corrected chi connectivity index (χ4v) is 9.65. The van der Waals surface area contributed by atoms with Gasteiger partial charge in [-0.2, -0.15) is 0 Å². The molecule has 1 N–H and O–H groups in total. The highest BCUT2D eigenvalue weighted by atomic mass is 16.5. The predicted molar refractivity (Wildman–Crippen MR) is 218 cm³/mol. The second-order valence-electron chi connectivity index (χ2n) is 16.5. The first-order chi connectivity index (χ1) is 28.0. The van der Waals surface area contributed by atoms with Gasteiger partial charge in [-0.3, -0.25) is 19.1 Å². The summed E-state index contributed by atoms with van der Waals surface area (Å²) in [7, 11) is 1.65. The number of fused-ring (bicyclic) bond motifs is 2. The molecule has 0 aliphatic carbocycles. The number of aryl methyl sites for hydroxylation is 1. The summed E-state index contributed by atoms with van der Waals surface area (Å²) in [6.45, 7) is 8.64. The number of nitrogens with zero attached hydrogens (tertiary/aromatic N) is 6. The first kappa shape index (κ1) is 37.7. The van der Waals surface area contributed by atoms with Crippen LogP contribution in [0.1, 0.15) is 74.1 Å². The van der Waals surface area contributed by atoms with Crippen LogP contribution in [0.15, 0.2) is 103 Å². The van der Waals surface area contributed by atoms with Gasteiger partial charge in [0.05, 0.1) is 31.6 Å². The number of aliphatic hydroxyl groups is 1. The zero-order valence-corrected chi connectivity index (χ0v) is 33.2. The fourth-order valence-electron chi connectivity index (χ4n) is 9.65. The van der Waals surface area contributed by atoms with Crippen LogP contribution >= 0.6 is 0 Å². The zero-order chi connectivity index (χ0) is 40.3. The highest BCUT2D eigenvalue weighted by Gasteiger charge is 2.66. The number of carbonyl (C=O) groups is 3. The van der Waals surface area contributed by atoms with E-state index in [2.05, 4.69) is 43.2 Å². The summed E-state index contributed by atoms with van der Waals surface area (Å²) in [5, 5.41) is 19.8. The van der Waals surface area contributed by atoms with Crippen LogP contribution < -0.4 is 19.4 Å². The first-order valence-corrected chi connectivity index (χ1v) is 20.1. The highest BCUT2D eigenvalue weighted by Crippen LogP contribution is 2.60. The maximum Gasteiger partial charge on any atom is 0.264 e. The molecule has 298 valence electrons. The van der Waals surface area contributed by atoms with Crippen LogP contribution in [-0.4, -0.2) is 64.1 Å². The van der Waals surface area contributed by atoms with Gasteiger partial charge in [0.2, 0.25) is 11.8 Å². The van der Waals surface area contributed by atoms with Crippen molar-refractivity contribution < 1.29 is 29.0 Å². The summed E-state index contributed by atoms with van der Waals surface area (Å²) < 4.78 is 14.6. The van der Waals surface area contributed by atoms with Gasteiger partial charge in [-0.15, -0.1) is 5.10 Å². The van der Waals surface area contributed by atoms with E-state index in [9.17, 15) is 14.7 Å². The van der Waals surface area contributed by atoms with Gasteiger partial charge in [0.15, 0.2) is 5.60 Å². The van der Waals surface area contributed by atoms with E-state index < -0.39 is 23.2 Å². The Morgan fingerprint density at radius 1 is 0.897 bits per heavy atom. The van der Waals surface area contributed by atoms with E-state index in [4.69, 9.17) is 9.47 Å². The lowest BCUT2D eigenvalue weighted by Crippen LogP contribution is -2.46. The van der Waals surface area contributed by atoms with Crippen LogP contribution in [-0.2, 0) is 43.2 Å². The molecule has 4 aliphatic rings. The number of aromatic nitrogens is 3. The van der Waals surface area contributed by atoms with E-state index >= 15 is 4.79 Å². The standard InChI is InChI=1S/C46H48N6O6/c1-29-42(45(2,3)32-12-17-35(57-4)18-13-32)39(20-23-49-28-37(47-48-49)43(55)31-8-6-5-7-9-31)58-46(29)36-26-34(51-25-22-41(51)54)16-19-38(36)52(44(46)56)27-30-10-14-33(15-11-30)50-24-21-40(50)53/h5-19,26,28-29,39,42-43,55H,20-25,27H2,1-4H3/t29-,39+,42-,43-,46+/m1/s1. The third-order valence-electron chi connectivity index (χ3n) is 13.0. The molecule has 5 heterocycles. The van der Waals surface area contributed by atoms with E-state index in [0.29, 0.717) is 51.1 Å². The lowest BCUT2D eigenvalue weighted by atomic mass is 9.63. The Morgan fingerprint density at radius 3 is 2.21 bits per heavy atom. The van der Waals surface area contributed by atoms with Crippen molar-refractivity contribution in [3.63, 3.8) is 0 Å². The summed E-state index contributed by atoms with van der Waals surface area (Å²) in [4.78, 5) is 45.6. The Kier molecular flexibility index (Phi) is 9.44. The highest BCUT2D eigenvalue weighted by molar-refractivity contribution is 6.09. The minimum Gasteiger partial charge on any atom is -0.497 e. The van der Waals surface area contributed by atoms with Gasteiger partial charge >= 0.3 is 0 Å². The SMILES string of the molecule is COc1ccc(C(C)(C)[C@H]2[C@H](CCn3cc([C@H](O)c4ccccc4)nn3)O[C@@]3(C(=O)N(Cc4ccc(N5CCC5=O)cc4)c4ccc(N5CCC5=O)cc43)[C@@H]2C)cc1. The second kappa shape index (κ2) is 14.5. The van der Waals surface area contributed by atoms with Crippen LogP contribution in [0.3, 0.4) is 0 Å². The number of hydrogen-bond acceptors (Lipinski definition) is 8.